The lowest BCUT2D eigenvalue weighted by Gasteiger charge is -2.51. The van der Waals surface area contributed by atoms with Gasteiger partial charge < -0.3 is 5.11 Å². The van der Waals surface area contributed by atoms with Crippen molar-refractivity contribution in [1.29, 1.82) is 0 Å². The number of halogens is 1. The Hall–Kier alpha value is -0.530. The predicted octanol–water partition coefficient (Wildman–Crippen LogP) is 2.31. The van der Waals surface area contributed by atoms with Crippen LogP contribution in [0.5, 0.6) is 0 Å². The van der Waals surface area contributed by atoms with Crippen molar-refractivity contribution in [2.45, 2.75) is 30.2 Å². The second-order valence-corrected chi connectivity index (χ2v) is 5.13. The summed E-state index contributed by atoms with van der Waals surface area (Å²) in [6.45, 7) is 1.86. The van der Waals surface area contributed by atoms with Crippen molar-refractivity contribution in [3.63, 3.8) is 0 Å². The summed E-state index contributed by atoms with van der Waals surface area (Å²) in [4.78, 5) is 0. The highest BCUT2D eigenvalue weighted by molar-refractivity contribution is 6.23. The summed E-state index contributed by atoms with van der Waals surface area (Å²) >= 11 is 6.22. The zero-order valence-electron chi connectivity index (χ0n) is 8.07. The van der Waals surface area contributed by atoms with Crippen LogP contribution in [0.3, 0.4) is 0 Å². The fraction of sp³-hybridized carbons (Fsp3) is 0.500. The van der Waals surface area contributed by atoms with Crippen LogP contribution >= 0.6 is 11.6 Å². The molecule has 2 aliphatic carbocycles. The van der Waals surface area contributed by atoms with Gasteiger partial charge in [0.2, 0.25) is 0 Å². The Morgan fingerprint density at radius 1 is 1.43 bits per heavy atom. The van der Waals surface area contributed by atoms with Crippen LogP contribution < -0.4 is 0 Å². The van der Waals surface area contributed by atoms with Gasteiger partial charge in [-0.2, -0.15) is 0 Å². The van der Waals surface area contributed by atoms with Gasteiger partial charge in [-0.25, -0.2) is 0 Å². The van der Waals surface area contributed by atoms with Crippen LogP contribution in [-0.2, 0) is 6.42 Å². The largest absolute Gasteiger partial charge is 0.388 e. The van der Waals surface area contributed by atoms with Crippen LogP contribution in [-0.4, -0.2) is 16.1 Å². The Morgan fingerprint density at radius 2 is 2.14 bits per heavy atom. The molecule has 74 valence electrons. The van der Waals surface area contributed by atoms with E-state index < -0.39 is 5.60 Å². The van der Waals surface area contributed by atoms with Crippen molar-refractivity contribution in [1.82, 2.24) is 0 Å². The SMILES string of the molecule is C[C@@]1(O)[C@H](Cl)[C@@H]2c3ccccc3C[C@@H]21. The molecule has 0 saturated heterocycles. The molecule has 2 aliphatic rings. The molecule has 1 fully saturated rings. The molecule has 1 nitrogen and oxygen atoms in total. The predicted molar refractivity (Wildman–Crippen MR) is 56.6 cm³/mol. The van der Waals surface area contributed by atoms with Crippen LogP contribution in [0.4, 0.5) is 0 Å². The van der Waals surface area contributed by atoms with E-state index in [1.807, 2.05) is 6.92 Å². The minimum absolute atomic E-state index is 0.115. The van der Waals surface area contributed by atoms with Gasteiger partial charge in [0.15, 0.2) is 0 Å². The van der Waals surface area contributed by atoms with Crippen LogP contribution in [0.15, 0.2) is 24.3 Å². The molecule has 1 aromatic rings. The van der Waals surface area contributed by atoms with E-state index in [0.29, 0.717) is 11.8 Å². The van der Waals surface area contributed by atoms with E-state index in [1.54, 1.807) is 0 Å². The number of aliphatic hydroxyl groups is 1. The maximum Gasteiger partial charge on any atom is 0.0826 e. The first-order valence-electron chi connectivity index (χ1n) is 5.06. The summed E-state index contributed by atoms with van der Waals surface area (Å²) in [7, 11) is 0. The summed E-state index contributed by atoms with van der Waals surface area (Å²) in [6.07, 6.45) is 0.983. The number of rotatable bonds is 0. The molecule has 3 rings (SSSR count). The van der Waals surface area contributed by atoms with Gasteiger partial charge >= 0.3 is 0 Å². The smallest absolute Gasteiger partial charge is 0.0826 e. The van der Waals surface area contributed by atoms with Crippen molar-refractivity contribution in [3.8, 4) is 0 Å². The van der Waals surface area contributed by atoms with Crippen LogP contribution in [0.25, 0.3) is 0 Å². The summed E-state index contributed by atoms with van der Waals surface area (Å²) in [5.74, 6) is 0.713. The van der Waals surface area contributed by atoms with Crippen molar-refractivity contribution in [2.75, 3.05) is 0 Å². The lowest BCUT2D eigenvalue weighted by Crippen LogP contribution is -2.59. The standard InChI is InChI=1S/C12H13ClO/c1-12(14)9-6-7-4-2-3-5-8(7)10(9)11(12)13/h2-5,9-11,14H,6H2,1H3/t9-,10+,11+,12-/m0/s1. The maximum atomic E-state index is 10.1. The van der Waals surface area contributed by atoms with Gasteiger partial charge in [0.05, 0.1) is 11.0 Å². The number of alkyl halides is 1. The Kier molecular flexibility index (Phi) is 1.58. The maximum absolute atomic E-state index is 10.1. The molecule has 0 radical (unpaired) electrons. The molecule has 0 unspecified atom stereocenters. The Balaban J connectivity index is 2.05. The topological polar surface area (TPSA) is 20.2 Å². The highest BCUT2D eigenvalue weighted by atomic mass is 35.5. The average molecular weight is 209 g/mol. The summed E-state index contributed by atoms with van der Waals surface area (Å²) in [5.41, 5.74) is 2.04. The summed E-state index contributed by atoms with van der Waals surface area (Å²) in [5, 5.41) is 9.98. The van der Waals surface area contributed by atoms with E-state index in [0.717, 1.165) is 6.42 Å². The van der Waals surface area contributed by atoms with Crippen molar-refractivity contribution in [2.24, 2.45) is 5.92 Å². The molecule has 0 heterocycles. The minimum atomic E-state index is -0.675. The Labute approximate surface area is 88.7 Å². The average Bonchev–Trinajstić information content (AvgIpc) is 2.54. The van der Waals surface area contributed by atoms with Gasteiger partial charge in [-0.3, -0.25) is 0 Å². The van der Waals surface area contributed by atoms with E-state index in [4.69, 9.17) is 11.6 Å². The molecule has 1 N–H and O–H groups in total. The molecule has 0 bridgehead atoms. The quantitative estimate of drug-likeness (QED) is 0.649. The molecular formula is C12H13ClO. The molecule has 0 amide bonds. The third-order valence-corrected chi connectivity index (χ3v) is 4.63. The van der Waals surface area contributed by atoms with Gasteiger partial charge in [0.25, 0.3) is 0 Å². The highest BCUT2D eigenvalue weighted by Gasteiger charge is 2.60. The van der Waals surface area contributed by atoms with Crippen molar-refractivity contribution < 1.29 is 5.11 Å². The molecule has 14 heavy (non-hydrogen) atoms. The minimum Gasteiger partial charge on any atom is -0.388 e. The van der Waals surface area contributed by atoms with Crippen molar-refractivity contribution in [3.05, 3.63) is 35.4 Å². The van der Waals surface area contributed by atoms with Gasteiger partial charge in [-0.1, -0.05) is 24.3 Å². The number of fused-ring (bicyclic) bond motifs is 3. The van der Waals surface area contributed by atoms with Gasteiger partial charge in [0, 0.05) is 11.8 Å². The third kappa shape index (κ3) is 0.850. The van der Waals surface area contributed by atoms with E-state index >= 15 is 0 Å². The first kappa shape index (κ1) is 8.75. The highest BCUT2D eigenvalue weighted by Crippen LogP contribution is 2.59. The molecule has 4 atom stereocenters. The lowest BCUT2D eigenvalue weighted by atomic mass is 9.62. The number of hydrogen-bond donors (Lipinski definition) is 1. The molecule has 1 aromatic carbocycles. The fourth-order valence-electron chi connectivity index (χ4n) is 3.01. The Bertz CT molecular complexity index is 386. The normalized spacial score (nSPS) is 44.1. The molecule has 2 heteroatoms. The van der Waals surface area contributed by atoms with E-state index in [9.17, 15) is 5.11 Å². The number of hydrogen-bond acceptors (Lipinski definition) is 1. The third-order valence-electron chi connectivity index (χ3n) is 3.91. The fourth-order valence-corrected chi connectivity index (χ4v) is 3.48. The van der Waals surface area contributed by atoms with Gasteiger partial charge in [0.1, 0.15) is 0 Å². The first-order valence-corrected chi connectivity index (χ1v) is 5.50. The molecular weight excluding hydrogens is 196 g/mol. The molecule has 0 spiro atoms. The zero-order valence-corrected chi connectivity index (χ0v) is 8.83. The number of benzene rings is 1. The van der Waals surface area contributed by atoms with E-state index in [2.05, 4.69) is 24.3 Å². The van der Waals surface area contributed by atoms with Gasteiger partial charge in [-0.05, 0) is 24.5 Å². The molecule has 1 saturated carbocycles. The van der Waals surface area contributed by atoms with Crippen LogP contribution in [0, 0.1) is 5.92 Å². The molecule has 0 aliphatic heterocycles. The van der Waals surface area contributed by atoms with Crippen molar-refractivity contribution >= 4 is 11.6 Å². The summed E-state index contributed by atoms with van der Waals surface area (Å²) < 4.78 is 0. The summed E-state index contributed by atoms with van der Waals surface area (Å²) in [6, 6.07) is 8.40. The van der Waals surface area contributed by atoms with E-state index in [-0.39, 0.29) is 5.38 Å². The Morgan fingerprint density at radius 3 is 2.93 bits per heavy atom. The van der Waals surface area contributed by atoms with Crippen LogP contribution in [0.2, 0.25) is 0 Å². The first-order chi connectivity index (χ1) is 6.62. The van der Waals surface area contributed by atoms with Gasteiger partial charge in [-0.15, -0.1) is 11.6 Å². The second kappa shape index (κ2) is 2.53. The van der Waals surface area contributed by atoms with E-state index in [1.165, 1.54) is 11.1 Å². The monoisotopic (exact) mass is 208 g/mol. The van der Waals surface area contributed by atoms with Crippen LogP contribution in [0.1, 0.15) is 24.0 Å². The zero-order chi connectivity index (χ0) is 9.92. The molecule has 0 aromatic heterocycles. The second-order valence-electron chi connectivity index (χ2n) is 4.66. The lowest BCUT2D eigenvalue weighted by molar-refractivity contribution is -0.0828.